The van der Waals surface area contributed by atoms with E-state index in [4.69, 9.17) is 23.2 Å². The number of rotatable bonds is 9. The SMILES string of the molecule is CC(C(=O)NC(C)(C)C)N(Cc1ccc(Cl)c(Cl)c1)C(=O)CN(c1ccccc1)S(=O)(=O)c1ccccc1. The second kappa shape index (κ2) is 12.2. The zero-order chi connectivity index (χ0) is 28.1. The molecule has 10 heteroatoms. The molecule has 2 amide bonds. The van der Waals surface area contributed by atoms with E-state index in [2.05, 4.69) is 5.32 Å². The maximum atomic E-state index is 13.9. The number of carbonyl (C=O) groups excluding carboxylic acids is 2. The lowest BCUT2D eigenvalue weighted by Gasteiger charge is -2.33. The van der Waals surface area contributed by atoms with Crippen molar-refractivity contribution in [2.45, 2.75) is 50.7 Å². The van der Waals surface area contributed by atoms with Gasteiger partial charge in [0, 0.05) is 12.1 Å². The maximum Gasteiger partial charge on any atom is 0.264 e. The standard InChI is InChI=1S/C28H31Cl2N3O4S/c1-20(27(35)31-28(2,3)4)32(18-21-15-16-24(29)25(30)17-21)26(34)19-33(22-11-7-5-8-12-22)38(36,37)23-13-9-6-10-14-23/h5-17,20H,18-19H2,1-4H3,(H,31,35). The molecule has 38 heavy (non-hydrogen) atoms. The van der Waals surface area contributed by atoms with Gasteiger partial charge in [0.2, 0.25) is 11.8 Å². The van der Waals surface area contributed by atoms with Crippen LogP contribution in [0, 0.1) is 0 Å². The van der Waals surface area contributed by atoms with Crippen molar-refractivity contribution in [3.63, 3.8) is 0 Å². The molecule has 0 aliphatic rings. The third-order valence-electron chi connectivity index (χ3n) is 5.66. The number of benzene rings is 3. The van der Waals surface area contributed by atoms with Crippen LogP contribution in [0.25, 0.3) is 0 Å². The Labute approximate surface area is 234 Å². The van der Waals surface area contributed by atoms with E-state index in [0.29, 0.717) is 21.3 Å². The monoisotopic (exact) mass is 575 g/mol. The molecule has 0 radical (unpaired) electrons. The minimum Gasteiger partial charge on any atom is -0.350 e. The van der Waals surface area contributed by atoms with Crippen LogP contribution in [-0.2, 0) is 26.2 Å². The molecule has 3 aromatic rings. The topological polar surface area (TPSA) is 86.8 Å². The van der Waals surface area contributed by atoms with Crippen LogP contribution < -0.4 is 9.62 Å². The number of nitrogens with one attached hydrogen (secondary N) is 1. The number of amides is 2. The van der Waals surface area contributed by atoms with Crippen LogP contribution in [0.15, 0.2) is 83.8 Å². The molecule has 7 nitrogen and oxygen atoms in total. The van der Waals surface area contributed by atoms with Gasteiger partial charge in [0.25, 0.3) is 10.0 Å². The lowest BCUT2D eigenvalue weighted by molar-refractivity contribution is -0.140. The summed E-state index contributed by atoms with van der Waals surface area (Å²) in [7, 11) is -4.10. The molecule has 0 saturated carbocycles. The summed E-state index contributed by atoms with van der Waals surface area (Å²) < 4.78 is 28.4. The van der Waals surface area contributed by atoms with Crippen LogP contribution in [0.5, 0.6) is 0 Å². The quantitative estimate of drug-likeness (QED) is 0.364. The van der Waals surface area contributed by atoms with E-state index < -0.39 is 34.1 Å². The lowest BCUT2D eigenvalue weighted by Crippen LogP contribution is -2.54. The number of halogens is 2. The summed E-state index contributed by atoms with van der Waals surface area (Å²) in [4.78, 5) is 28.4. The molecule has 0 spiro atoms. The van der Waals surface area contributed by atoms with Crippen LogP contribution in [0.4, 0.5) is 5.69 Å². The average Bonchev–Trinajstić information content (AvgIpc) is 2.87. The van der Waals surface area contributed by atoms with Crippen LogP contribution in [0.1, 0.15) is 33.3 Å². The Morgan fingerprint density at radius 1 is 0.895 bits per heavy atom. The molecule has 3 rings (SSSR count). The van der Waals surface area contributed by atoms with Gasteiger partial charge in [-0.1, -0.05) is 65.7 Å². The Morgan fingerprint density at radius 2 is 1.47 bits per heavy atom. The van der Waals surface area contributed by atoms with Crippen molar-refractivity contribution in [3.05, 3.63) is 94.5 Å². The number of nitrogens with zero attached hydrogens (tertiary/aromatic N) is 2. The molecular weight excluding hydrogens is 545 g/mol. The Balaban J connectivity index is 2.01. The molecule has 1 unspecified atom stereocenters. The Bertz CT molecular complexity index is 1380. The predicted octanol–water partition coefficient (Wildman–Crippen LogP) is 5.52. The first-order chi connectivity index (χ1) is 17.8. The zero-order valence-electron chi connectivity index (χ0n) is 21.7. The summed E-state index contributed by atoms with van der Waals surface area (Å²) in [5.74, 6) is -0.931. The fraction of sp³-hybridized carbons (Fsp3) is 0.286. The fourth-order valence-corrected chi connectivity index (χ4v) is 5.49. The molecule has 0 fully saturated rings. The molecule has 0 bridgehead atoms. The summed E-state index contributed by atoms with van der Waals surface area (Å²) >= 11 is 12.3. The number of anilines is 1. The second-order valence-corrected chi connectivity index (χ2v) is 12.5. The number of carbonyl (C=O) groups is 2. The van der Waals surface area contributed by atoms with Crippen molar-refractivity contribution in [1.29, 1.82) is 0 Å². The first kappa shape index (κ1) is 29.5. The molecule has 0 aliphatic heterocycles. The van der Waals surface area contributed by atoms with Crippen LogP contribution in [0.3, 0.4) is 0 Å². The molecular formula is C28H31Cl2N3O4S. The highest BCUT2D eigenvalue weighted by Gasteiger charge is 2.33. The van der Waals surface area contributed by atoms with Crippen LogP contribution >= 0.6 is 23.2 Å². The van der Waals surface area contributed by atoms with Crippen molar-refractivity contribution in [1.82, 2.24) is 10.2 Å². The zero-order valence-corrected chi connectivity index (χ0v) is 24.0. The summed E-state index contributed by atoms with van der Waals surface area (Å²) in [5, 5.41) is 3.55. The highest BCUT2D eigenvalue weighted by molar-refractivity contribution is 7.92. The van der Waals surface area contributed by atoms with Gasteiger partial charge in [0.1, 0.15) is 12.6 Å². The minimum atomic E-state index is -4.10. The van der Waals surface area contributed by atoms with Gasteiger partial charge in [0.15, 0.2) is 0 Å². The Morgan fingerprint density at radius 3 is 2.03 bits per heavy atom. The van der Waals surface area contributed by atoms with E-state index in [9.17, 15) is 18.0 Å². The van der Waals surface area contributed by atoms with Crippen molar-refractivity contribution in [2.24, 2.45) is 0 Å². The third kappa shape index (κ3) is 7.49. The minimum absolute atomic E-state index is 0.0163. The summed E-state index contributed by atoms with van der Waals surface area (Å²) in [5.41, 5.74) is 0.433. The van der Waals surface area contributed by atoms with E-state index >= 15 is 0 Å². The van der Waals surface area contributed by atoms with Gasteiger partial charge >= 0.3 is 0 Å². The van der Waals surface area contributed by atoms with Crippen molar-refractivity contribution in [3.8, 4) is 0 Å². The van der Waals surface area contributed by atoms with Crippen molar-refractivity contribution >= 4 is 50.7 Å². The van der Waals surface area contributed by atoms with E-state index in [1.54, 1.807) is 73.7 Å². The van der Waals surface area contributed by atoms with Gasteiger partial charge in [-0.05, 0) is 69.7 Å². The first-order valence-electron chi connectivity index (χ1n) is 12.0. The van der Waals surface area contributed by atoms with Gasteiger partial charge in [-0.3, -0.25) is 13.9 Å². The molecule has 1 N–H and O–H groups in total. The van der Waals surface area contributed by atoms with E-state index in [0.717, 1.165) is 4.31 Å². The lowest BCUT2D eigenvalue weighted by atomic mass is 10.1. The Kier molecular flexibility index (Phi) is 9.46. The molecule has 202 valence electrons. The molecule has 0 aliphatic carbocycles. The maximum absolute atomic E-state index is 13.9. The molecule has 0 saturated heterocycles. The highest BCUT2D eigenvalue weighted by Crippen LogP contribution is 2.26. The molecule has 0 heterocycles. The number of hydrogen-bond donors (Lipinski definition) is 1. The smallest absolute Gasteiger partial charge is 0.264 e. The average molecular weight is 577 g/mol. The van der Waals surface area contributed by atoms with Gasteiger partial charge in [-0.2, -0.15) is 0 Å². The van der Waals surface area contributed by atoms with Gasteiger partial charge in [-0.15, -0.1) is 0 Å². The largest absolute Gasteiger partial charge is 0.350 e. The fourth-order valence-electron chi connectivity index (χ4n) is 3.73. The van der Waals surface area contributed by atoms with E-state index in [-0.39, 0.29) is 17.3 Å². The Hall–Kier alpha value is -3.07. The first-order valence-corrected chi connectivity index (χ1v) is 14.2. The third-order valence-corrected chi connectivity index (χ3v) is 8.18. The molecule has 1 atom stereocenters. The number of sulfonamides is 1. The van der Waals surface area contributed by atoms with Gasteiger partial charge in [-0.25, -0.2) is 8.42 Å². The normalized spacial score (nSPS) is 12.5. The van der Waals surface area contributed by atoms with Gasteiger partial charge < -0.3 is 10.2 Å². The van der Waals surface area contributed by atoms with Crippen molar-refractivity contribution in [2.75, 3.05) is 10.8 Å². The van der Waals surface area contributed by atoms with Crippen LogP contribution in [-0.4, -0.2) is 43.3 Å². The summed E-state index contributed by atoms with van der Waals surface area (Å²) in [6.45, 7) is 6.62. The van der Waals surface area contributed by atoms with Crippen LogP contribution in [0.2, 0.25) is 10.0 Å². The highest BCUT2D eigenvalue weighted by atomic mass is 35.5. The second-order valence-electron chi connectivity index (χ2n) is 9.85. The van der Waals surface area contributed by atoms with Gasteiger partial charge in [0.05, 0.1) is 20.6 Å². The van der Waals surface area contributed by atoms with E-state index in [1.165, 1.54) is 17.0 Å². The van der Waals surface area contributed by atoms with E-state index in [1.807, 2.05) is 20.8 Å². The molecule has 0 aromatic heterocycles. The number of hydrogen-bond acceptors (Lipinski definition) is 4. The number of para-hydroxylation sites is 1. The summed E-state index contributed by atoms with van der Waals surface area (Å²) in [6.07, 6.45) is 0. The molecule has 3 aromatic carbocycles. The van der Waals surface area contributed by atoms with Crippen molar-refractivity contribution < 1.29 is 18.0 Å². The predicted molar refractivity (Wildman–Crippen MR) is 152 cm³/mol. The summed E-state index contributed by atoms with van der Waals surface area (Å²) in [6, 6.07) is 20.3.